The van der Waals surface area contributed by atoms with E-state index in [0.29, 0.717) is 17.7 Å². The molecule has 1 amide bonds. The van der Waals surface area contributed by atoms with E-state index >= 15 is 0 Å². The van der Waals surface area contributed by atoms with Crippen molar-refractivity contribution in [1.82, 2.24) is 4.90 Å². The molecular weight excluding hydrogens is 212 g/mol. The maximum Gasteiger partial charge on any atom is 0.225 e. The second-order valence-corrected chi connectivity index (χ2v) is 5.69. The molecule has 0 spiro atoms. The van der Waals surface area contributed by atoms with Gasteiger partial charge in [0.15, 0.2) is 0 Å². The largest absolute Gasteiger partial charge is 0.342 e. The Kier molecular flexibility index (Phi) is 4.84. The number of likely N-dealkylation sites (tertiary alicyclic amines) is 1. The Morgan fingerprint density at radius 1 is 1.00 bits per heavy atom. The molecule has 2 rings (SSSR count). The molecule has 2 N–H and O–H groups in total. The van der Waals surface area contributed by atoms with Gasteiger partial charge in [0.05, 0.1) is 0 Å². The number of amides is 1. The van der Waals surface area contributed by atoms with E-state index in [-0.39, 0.29) is 0 Å². The molecule has 0 aromatic rings. The summed E-state index contributed by atoms with van der Waals surface area (Å²) in [4.78, 5) is 14.5. The highest BCUT2D eigenvalue weighted by Gasteiger charge is 2.29. The van der Waals surface area contributed by atoms with Crippen molar-refractivity contribution in [3.05, 3.63) is 0 Å². The van der Waals surface area contributed by atoms with Crippen molar-refractivity contribution >= 4 is 5.91 Å². The maximum atomic E-state index is 12.4. The second-order valence-electron chi connectivity index (χ2n) is 5.69. The zero-order valence-electron chi connectivity index (χ0n) is 10.9. The highest BCUT2D eigenvalue weighted by Crippen LogP contribution is 2.29. The number of carbonyl (C=O) groups is 1. The van der Waals surface area contributed by atoms with E-state index in [1.165, 1.54) is 25.7 Å². The highest BCUT2D eigenvalue weighted by atomic mass is 16.2. The first-order chi connectivity index (χ1) is 8.31. The van der Waals surface area contributed by atoms with E-state index in [2.05, 4.69) is 4.90 Å². The van der Waals surface area contributed by atoms with Crippen molar-refractivity contribution in [3.63, 3.8) is 0 Å². The third kappa shape index (κ3) is 3.44. The van der Waals surface area contributed by atoms with Gasteiger partial charge in [-0.05, 0) is 51.0 Å². The van der Waals surface area contributed by atoms with Crippen molar-refractivity contribution in [2.75, 3.05) is 19.6 Å². The van der Waals surface area contributed by atoms with E-state index in [1.807, 2.05) is 0 Å². The molecule has 1 saturated carbocycles. The van der Waals surface area contributed by atoms with Gasteiger partial charge in [-0.2, -0.15) is 0 Å². The predicted molar refractivity (Wildman–Crippen MR) is 69.6 cm³/mol. The molecule has 3 nitrogen and oxygen atoms in total. The molecule has 0 atom stereocenters. The Labute approximate surface area is 105 Å². The van der Waals surface area contributed by atoms with Crippen molar-refractivity contribution < 1.29 is 4.79 Å². The van der Waals surface area contributed by atoms with Gasteiger partial charge in [-0.25, -0.2) is 0 Å². The third-order valence-corrected chi connectivity index (χ3v) is 4.45. The molecule has 0 bridgehead atoms. The van der Waals surface area contributed by atoms with Gasteiger partial charge in [0.1, 0.15) is 0 Å². The Hall–Kier alpha value is -0.570. The molecule has 1 heterocycles. The topological polar surface area (TPSA) is 46.3 Å². The lowest BCUT2D eigenvalue weighted by Crippen LogP contribution is -2.38. The van der Waals surface area contributed by atoms with E-state index in [9.17, 15) is 4.79 Å². The van der Waals surface area contributed by atoms with Crippen molar-refractivity contribution in [2.45, 2.75) is 51.4 Å². The fourth-order valence-electron chi connectivity index (χ4n) is 3.19. The highest BCUT2D eigenvalue weighted by molar-refractivity contribution is 5.78. The summed E-state index contributed by atoms with van der Waals surface area (Å²) in [5.74, 6) is 1.40. The zero-order valence-corrected chi connectivity index (χ0v) is 10.9. The first-order valence-electron chi connectivity index (χ1n) is 7.30. The monoisotopic (exact) mass is 238 g/mol. The molecule has 3 heteroatoms. The van der Waals surface area contributed by atoms with Gasteiger partial charge in [-0.15, -0.1) is 0 Å². The molecule has 0 aromatic heterocycles. The van der Waals surface area contributed by atoms with Gasteiger partial charge in [0.25, 0.3) is 0 Å². The van der Waals surface area contributed by atoms with Crippen LogP contribution in [-0.4, -0.2) is 30.4 Å². The number of rotatable bonds is 2. The van der Waals surface area contributed by atoms with Crippen molar-refractivity contribution in [2.24, 2.45) is 17.6 Å². The SMILES string of the molecule is NCC1CCC(C(=O)N2CCCCCC2)CC1. The fraction of sp³-hybridized carbons (Fsp3) is 0.929. The van der Waals surface area contributed by atoms with Crippen LogP contribution in [0.25, 0.3) is 0 Å². The molecule has 1 saturated heterocycles. The zero-order chi connectivity index (χ0) is 12.1. The van der Waals surface area contributed by atoms with Crippen LogP contribution in [0.4, 0.5) is 0 Å². The van der Waals surface area contributed by atoms with Crippen LogP contribution in [-0.2, 0) is 4.79 Å². The molecule has 1 aliphatic heterocycles. The lowest BCUT2D eigenvalue weighted by atomic mass is 9.81. The first-order valence-corrected chi connectivity index (χ1v) is 7.30. The van der Waals surface area contributed by atoms with Crippen LogP contribution >= 0.6 is 0 Å². The summed E-state index contributed by atoms with van der Waals surface area (Å²) >= 11 is 0. The van der Waals surface area contributed by atoms with Crippen molar-refractivity contribution in [1.29, 1.82) is 0 Å². The van der Waals surface area contributed by atoms with Crippen molar-refractivity contribution in [3.8, 4) is 0 Å². The molecule has 17 heavy (non-hydrogen) atoms. The Morgan fingerprint density at radius 3 is 2.12 bits per heavy atom. The van der Waals surface area contributed by atoms with Crippen LogP contribution in [0.15, 0.2) is 0 Å². The normalized spacial score (nSPS) is 31.0. The lowest BCUT2D eigenvalue weighted by molar-refractivity contribution is -0.136. The standard InChI is InChI=1S/C14H26N2O/c15-11-12-5-7-13(8-6-12)14(17)16-9-3-1-2-4-10-16/h12-13H,1-11,15H2. The summed E-state index contributed by atoms with van der Waals surface area (Å²) in [7, 11) is 0. The lowest BCUT2D eigenvalue weighted by Gasteiger charge is -2.31. The predicted octanol–water partition coefficient (Wildman–Crippen LogP) is 2.15. The molecule has 2 fully saturated rings. The molecule has 2 aliphatic rings. The average Bonchev–Trinajstić information content (AvgIpc) is 2.67. The van der Waals surface area contributed by atoms with E-state index in [1.54, 1.807) is 0 Å². The summed E-state index contributed by atoms with van der Waals surface area (Å²) in [6.07, 6.45) is 9.43. The van der Waals surface area contributed by atoms with Crippen LogP contribution < -0.4 is 5.73 Å². The van der Waals surface area contributed by atoms with Crippen LogP contribution in [0.1, 0.15) is 51.4 Å². The Morgan fingerprint density at radius 2 is 1.59 bits per heavy atom. The van der Waals surface area contributed by atoms with Crippen LogP contribution in [0.5, 0.6) is 0 Å². The third-order valence-electron chi connectivity index (χ3n) is 4.45. The molecule has 0 unspecified atom stereocenters. The minimum absolute atomic E-state index is 0.302. The molecule has 1 aliphatic carbocycles. The number of nitrogens with two attached hydrogens (primary N) is 1. The van der Waals surface area contributed by atoms with E-state index in [0.717, 1.165) is 45.3 Å². The number of hydrogen-bond acceptors (Lipinski definition) is 2. The maximum absolute atomic E-state index is 12.4. The molecule has 0 aromatic carbocycles. The molecule has 0 radical (unpaired) electrons. The first kappa shape index (κ1) is 12.9. The van der Waals surface area contributed by atoms with Crippen LogP contribution in [0.3, 0.4) is 0 Å². The minimum atomic E-state index is 0.302. The van der Waals surface area contributed by atoms with E-state index in [4.69, 9.17) is 5.73 Å². The van der Waals surface area contributed by atoms with Gasteiger partial charge >= 0.3 is 0 Å². The van der Waals surface area contributed by atoms with Gasteiger partial charge < -0.3 is 10.6 Å². The van der Waals surface area contributed by atoms with Gasteiger partial charge in [-0.3, -0.25) is 4.79 Å². The minimum Gasteiger partial charge on any atom is -0.342 e. The second kappa shape index (κ2) is 6.39. The summed E-state index contributed by atoms with van der Waals surface area (Å²) in [5.41, 5.74) is 5.69. The average molecular weight is 238 g/mol. The number of hydrogen-bond donors (Lipinski definition) is 1. The van der Waals surface area contributed by atoms with Gasteiger partial charge in [0.2, 0.25) is 5.91 Å². The number of carbonyl (C=O) groups excluding carboxylic acids is 1. The summed E-state index contributed by atoms with van der Waals surface area (Å²) in [6.45, 7) is 2.79. The summed E-state index contributed by atoms with van der Waals surface area (Å²) < 4.78 is 0. The van der Waals surface area contributed by atoms with Gasteiger partial charge in [0, 0.05) is 19.0 Å². The Bertz CT molecular complexity index is 239. The Balaban J connectivity index is 1.82. The smallest absolute Gasteiger partial charge is 0.225 e. The molecular formula is C14H26N2O. The quantitative estimate of drug-likeness (QED) is 0.801. The fourth-order valence-corrected chi connectivity index (χ4v) is 3.19. The van der Waals surface area contributed by atoms with Crippen LogP contribution in [0, 0.1) is 11.8 Å². The number of nitrogens with zero attached hydrogens (tertiary/aromatic N) is 1. The summed E-state index contributed by atoms with van der Waals surface area (Å²) in [6, 6.07) is 0. The van der Waals surface area contributed by atoms with Crippen LogP contribution in [0.2, 0.25) is 0 Å². The summed E-state index contributed by atoms with van der Waals surface area (Å²) in [5, 5.41) is 0. The molecule has 98 valence electrons. The van der Waals surface area contributed by atoms with E-state index < -0.39 is 0 Å². The van der Waals surface area contributed by atoms with Gasteiger partial charge in [-0.1, -0.05) is 12.8 Å².